The lowest BCUT2D eigenvalue weighted by atomic mass is 9.89. The van der Waals surface area contributed by atoms with E-state index >= 15 is 0 Å². The van der Waals surface area contributed by atoms with Crippen LogP contribution in [0.25, 0.3) is 0 Å². The SMILES string of the molecule is Cc1cccc(CCOc2cc(C(=O)NC3(C(=O)O)CCCCCC3)ccc2C(C)O)c1. The van der Waals surface area contributed by atoms with Crippen LogP contribution in [0.1, 0.15) is 78.6 Å². The van der Waals surface area contributed by atoms with Gasteiger partial charge in [-0.3, -0.25) is 4.79 Å². The number of hydrogen-bond donors (Lipinski definition) is 3. The van der Waals surface area contributed by atoms with Gasteiger partial charge in [-0.15, -0.1) is 0 Å². The van der Waals surface area contributed by atoms with E-state index in [0.29, 0.717) is 42.7 Å². The molecular formula is C26H33NO5. The standard InChI is InChI=1S/C26H33NO5/c1-18-8-7-9-20(16-18)12-15-32-23-17-21(10-11-22(23)19(2)28)24(29)27-26(25(30)31)13-5-3-4-6-14-26/h7-11,16-17,19,28H,3-6,12-15H2,1-2H3,(H,27,29)(H,30,31). The minimum Gasteiger partial charge on any atom is -0.493 e. The zero-order chi connectivity index (χ0) is 23.1. The van der Waals surface area contributed by atoms with Gasteiger partial charge < -0.3 is 20.3 Å². The van der Waals surface area contributed by atoms with Gasteiger partial charge in [-0.25, -0.2) is 4.79 Å². The highest BCUT2D eigenvalue weighted by Gasteiger charge is 2.40. The van der Waals surface area contributed by atoms with Crippen LogP contribution in [0.15, 0.2) is 42.5 Å². The summed E-state index contributed by atoms with van der Waals surface area (Å²) in [7, 11) is 0. The van der Waals surface area contributed by atoms with Gasteiger partial charge in [-0.2, -0.15) is 0 Å². The number of benzene rings is 2. The van der Waals surface area contributed by atoms with E-state index in [2.05, 4.69) is 11.4 Å². The molecule has 0 saturated heterocycles. The van der Waals surface area contributed by atoms with Crippen LogP contribution in [-0.4, -0.2) is 34.2 Å². The van der Waals surface area contributed by atoms with E-state index in [1.807, 2.05) is 25.1 Å². The van der Waals surface area contributed by atoms with E-state index < -0.39 is 23.5 Å². The largest absolute Gasteiger partial charge is 0.493 e. The fourth-order valence-corrected chi connectivity index (χ4v) is 4.31. The van der Waals surface area contributed by atoms with Gasteiger partial charge in [0.05, 0.1) is 12.7 Å². The monoisotopic (exact) mass is 439 g/mol. The lowest BCUT2D eigenvalue weighted by molar-refractivity contribution is -0.145. The summed E-state index contributed by atoms with van der Waals surface area (Å²) in [6.07, 6.45) is 4.31. The van der Waals surface area contributed by atoms with Crippen molar-refractivity contribution in [3.05, 3.63) is 64.7 Å². The molecule has 3 rings (SSSR count). The molecule has 0 heterocycles. The Morgan fingerprint density at radius 2 is 1.81 bits per heavy atom. The number of hydrogen-bond acceptors (Lipinski definition) is 4. The predicted octanol–water partition coefficient (Wildman–Crippen LogP) is 4.58. The normalized spacial score (nSPS) is 16.6. The first-order valence-corrected chi connectivity index (χ1v) is 11.4. The summed E-state index contributed by atoms with van der Waals surface area (Å²) in [5, 5.41) is 22.8. The zero-order valence-corrected chi connectivity index (χ0v) is 18.9. The van der Waals surface area contributed by atoms with Crippen LogP contribution >= 0.6 is 0 Å². The van der Waals surface area contributed by atoms with Crippen molar-refractivity contribution in [2.75, 3.05) is 6.61 Å². The minimum atomic E-state index is -1.23. The number of carboxylic acid groups (broad SMARTS) is 1. The summed E-state index contributed by atoms with van der Waals surface area (Å²) >= 11 is 0. The van der Waals surface area contributed by atoms with Gasteiger partial charge in [0.25, 0.3) is 5.91 Å². The maximum atomic E-state index is 13.0. The quantitative estimate of drug-likeness (QED) is 0.524. The molecule has 0 aliphatic heterocycles. The Labute approximate surface area is 189 Å². The fourth-order valence-electron chi connectivity index (χ4n) is 4.31. The molecule has 1 unspecified atom stereocenters. The van der Waals surface area contributed by atoms with Crippen molar-refractivity contribution >= 4 is 11.9 Å². The lowest BCUT2D eigenvalue weighted by Gasteiger charge is -2.29. The average molecular weight is 440 g/mol. The Morgan fingerprint density at radius 3 is 2.44 bits per heavy atom. The predicted molar refractivity (Wildman–Crippen MR) is 123 cm³/mol. The molecule has 1 aliphatic carbocycles. The number of rotatable bonds is 8. The smallest absolute Gasteiger partial charge is 0.329 e. The van der Waals surface area contributed by atoms with Crippen LogP contribution in [0.2, 0.25) is 0 Å². The van der Waals surface area contributed by atoms with Crippen LogP contribution < -0.4 is 10.1 Å². The van der Waals surface area contributed by atoms with E-state index in [4.69, 9.17) is 4.74 Å². The number of aryl methyl sites for hydroxylation is 1. The van der Waals surface area contributed by atoms with Gasteiger partial charge in [0.2, 0.25) is 0 Å². The number of carbonyl (C=O) groups is 2. The van der Waals surface area contributed by atoms with Crippen molar-refractivity contribution in [2.45, 2.75) is 70.4 Å². The van der Waals surface area contributed by atoms with Crippen molar-refractivity contribution in [2.24, 2.45) is 0 Å². The van der Waals surface area contributed by atoms with Crippen LogP contribution in [0.4, 0.5) is 0 Å². The molecule has 0 spiro atoms. The summed E-state index contributed by atoms with van der Waals surface area (Å²) in [6, 6.07) is 13.0. The molecule has 1 fully saturated rings. The first-order valence-electron chi connectivity index (χ1n) is 11.4. The van der Waals surface area contributed by atoms with Crippen LogP contribution in [0.3, 0.4) is 0 Å². The highest BCUT2D eigenvalue weighted by atomic mass is 16.5. The van der Waals surface area contributed by atoms with E-state index in [0.717, 1.165) is 31.2 Å². The van der Waals surface area contributed by atoms with Crippen LogP contribution in [-0.2, 0) is 11.2 Å². The molecule has 172 valence electrons. The van der Waals surface area contributed by atoms with Crippen molar-refractivity contribution in [1.82, 2.24) is 5.32 Å². The topological polar surface area (TPSA) is 95.9 Å². The number of ether oxygens (including phenoxy) is 1. The highest BCUT2D eigenvalue weighted by molar-refractivity contribution is 5.98. The summed E-state index contributed by atoms with van der Waals surface area (Å²) in [5.41, 5.74) is 2.01. The third kappa shape index (κ3) is 5.88. The Bertz CT molecular complexity index is 945. The lowest BCUT2D eigenvalue weighted by Crippen LogP contribution is -2.54. The van der Waals surface area contributed by atoms with E-state index in [1.54, 1.807) is 25.1 Å². The van der Waals surface area contributed by atoms with Gasteiger partial charge in [-0.05, 0) is 44.4 Å². The Kier molecular flexibility index (Phi) is 7.91. The fraction of sp³-hybridized carbons (Fsp3) is 0.462. The molecular weight excluding hydrogens is 406 g/mol. The number of carboxylic acids is 1. The molecule has 6 nitrogen and oxygen atoms in total. The second-order valence-corrected chi connectivity index (χ2v) is 8.77. The van der Waals surface area contributed by atoms with Crippen molar-refractivity contribution in [3.63, 3.8) is 0 Å². The minimum absolute atomic E-state index is 0.324. The molecule has 2 aromatic rings. The summed E-state index contributed by atoms with van der Waals surface area (Å²) < 4.78 is 5.96. The van der Waals surface area contributed by atoms with Gasteiger partial charge in [0, 0.05) is 17.5 Å². The van der Waals surface area contributed by atoms with Crippen molar-refractivity contribution < 1.29 is 24.5 Å². The molecule has 6 heteroatoms. The highest BCUT2D eigenvalue weighted by Crippen LogP contribution is 2.30. The molecule has 1 amide bonds. The van der Waals surface area contributed by atoms with Gasteiger partial charge in [-0.1, -0.05) is 61.6 Å². The molecule has 2 aromatic carbocycles. The molecule has 0 aromatic heterocycles. The molecule has 3 N–H and O–H groups in total. The number of aliphatic carboxylic acids is 1. The molecule has 0 bridgehead atoms. The number of carbonyl (C=O) groups excluding carboxylic acids is 1. The maximum absolute atomic E-state index is 13.0. The Balaban J connectivity index is 1.76. The Morgan fingerprint density at radius 1 is 1.09 bits per heavy atom. The molecule has 1 atom stereocenters. The van der Waals surface area contributed by atoms with Crippen molar-refractivity contribution in [3.8, 4) is 5.75 Å². The number of nitrogens with one attached hydrogen (secondary N) is 1. The third-order valence-electron chi connectivity index (χ3n) is 6.18. The summed E-state index contributed by atoms with van der Waals surface area (Å²) in [4.78, 5) is 25.0. The second-order valence-electron chi connectivity index (χ2n) is 8.77. The number of amides is 1. The molecule has 32 heavy (non-hydrogen) atoms. The number of aliphatic hydroxyl groups is 1. The van der Waals surface area contributed by atoms with Crippen LogP contribution in [0.5, 0.6) is 5.75 Å². The molecule has 1 aliphatic rings. The summed E-state index contributed by atoms with van der Waals surface area (Å²) in [5.74, 6) is -0.983. The zero-order valence-electron chi connectivity index (χ0n) is 18.9. The first-order chi connectivity index (χ1) is 15.3. The van der Waals surface area contributed by atoms with E-state index in [-0.39, 0.29) is 0 Å². The summed E-state index contributed by atoms with van der Waals surface area (Å²) in [6.45, 7) is 4.08. The first kappa shape index (κ1) is 23.8. The second kappa shape index (κ2) is 10.6. The van der Waals surface area contributed by atoms with Gasteiger partial charge in [0.15, 0.2) is 0 Å². The van der Waals surface area contributed by atoms with Gasteiger partial charge in [0.1, 0.15) is 11.3 Å². The molecule has 1 saturated carbocycles. The van der Waals surface area contributed by atoms with E-state index in [9.17, 15) is 19.8 Å². The third-order valence-corrected chi connectivity index (χ3v) is 6.18. The van der Waals surface area contributed by atoms with E-state index in [1.165, 1.54) is 5.56 Å². The van der Waals surface area contributed by atoms with Crippen LogP contribution in [0, 0.1) is 6.92 Å². The number of aliphatic hydroxyl groups excluding tert-OH is 1. The molecule has 0 radical (unpaired) electrons. The van der Waals surface area contributed by atoms with Gasteiger partial charge >= 0.3 is 5.97 Å². The maximum Gasteiger partial charge on any atom is 0.329 e. The Hall–Kier alpha value is -2.86. The van der Waals surface area contributed by atoms with Crippen molar-refractivity contribution in [1.29, 1.82) is 0 Å². The average Bonchev–Trinajstić information content (AvgIpc) is 3.00.